The van der Waals surface area contributed by atoms with E-state index < -0.39 is 5.60 Å². The van der Waals surface area contributed by atoms with Gasteiger partial charge in [-0.15, -0.1) is 0 Å². The lowest BCUT2D eigenvalue weighted by molar-refractivity contribution is -0.00529. The zero-order valence-corrected chi connectivity index (χ0v) is 17.9. The van der Waals surface area contributed by atoms with E-state index in [9.17, 15) is 5.11 Å². The maximum atomic E-state index is 11.1. The van der Waals surface area contributed by atoms with E-state index in [1.54, 1.807) is 6.26 Å². The van der Waals surface area contributed by atoms with Crippen LogP contribution in [0.1, 0.15) is 67.9 Å². The molecule has 0 unspecified atom stereocenters. The van der Waals surface area contributed by atoms with Gasteiger partial charge in [0.1, 0.15) is 22.9 Å². The van der Waals surface area contributed by atoms with Crippen LogP contribution in [0.4, 0.5) is 0 Å². The molecule has 2 heterocycles. The summed E-state index contributed by atoms with van der Waals surface area (Å²) < 4.78 is 11.7. The summed E-state index contributed by atoms with van der Waals surface area (Å²) in [4.78, 5) is 2.30. The first-order valence-corrected chi connectivity index (χ1v) is 10.6. The Labute approximate surface area is 174 Å². The summed E-state index contributed by atoms with van der Waals surface area (Å²) in [6.07, 6.45) is 4.98. The number of nitrogens with zero attached hydrogens (tertiary/aromatic N) is 1. The average molecular weight is 396 g/mol. The van der Waals surface area contributed by atoms with Gasteiger partial charge in [-0.3, -0.25) is 4.90 Å². The number of furan rings is 2. The van der Waals surface area contributed by atoms with Crippen molar-refractivity contribution in [2.24, 2.45) is 0 Å². The normalized spacial score (nSPS) is 12.0. The lowest BCUT2D eigenvalue weighted by Gasteiger charge is -2.25. The summed E-state index contributed by atoms with van der Waals surface area (Å²) in [7, 11) is 0. The zero-order chi connectivity index (χ0) is 20.7. The third kappa shape index (κ3) is 5.84. The molecular weight excluding hydrogens is 362 g/mol. The van der Waals surface area contributed by atoms with Crippen molar-refractivity contribution in [1.29, 1.82) is 0 Å². The molecule has 0 saturated carbocycles. The van der Waals surface area contributed by atoms with Crippen LogP contribution < -0.4 is 0 Å². The standard InChI is InChI=1S/C25H33NO3/c1-4-13-25(27,14-5-2)24-12-11-23(29-24)19-26(18-22-10-7-15-28-22)17-21-9-6-8-20(3)16-21/h6-12,15-16,27H,4-5,13-14,17-19H2,1-3H3. The van der Waals surface area contributed by atoms with E-state index in [2.05, 4.69) is 49.9 Å². The van der Waals surface area contributed by atoms with Crippen molar-refractivity contribution in [3.63, 3.8) is 0 Å². The van der Waals surface area contributed by atoms with Crippen LogP contribution in [0, 0.1) is 6.92 Å². The van der Waals surface area contributed by atoms with Gasteiger partial charge in [-0.1, -0.05) is 56.5 Å². The molecule has 156 valence electrons. The minimum absolute atomic E-state index is 0.656. The van der Waals surface area contributed by atoms with Crippen molar-refractivity contribution in [1.82, 2.24) is 4.90 Å². The number of benzene rings is 1. The first-order chi connectivity index (χ1) is 14.0. The minimum atomic E-state index is -0.871. The fraction of sp³-hybridized carbons (Fsp3) is 0.440. The van der Waals surface area contributed by atoms with Crippen molar-refractivity contribution in [2.45, 2.75) is 71.7 Å². The SMILES string of the molecule is CCCC(O)(CCC)c1ccc(CN(Cc2cccc(C)c2)Cc2ccco2)o1. The van der Waals surface area contributed by atoms with Crippen molar-refractivity contribution in [2.75, 3.05) is 0 Å². The summed E-state index contributed by atoms with van der Waals surface area (Å²) >= 11 is 0. The highest BCUT2D eigenvalue weighted by atomic mass is 16.4. The highest BCUT2D eigenvalue weighted by Crippen LogP contribution is 2.33. The Morgan fingerprint density at radius 1 is 0.897 bits per heavy atom. The maximum absolute atomic E-state index is 11.1. The third-order valence-electron chi connectivity index (χ3n) is 5.28. The molecule has 29 heavy (non-hydrogen) atoms. The van der Waals surface area contributed by atoms with Gasteiger partial charge < -0.3 is 13.9 Å². The van der Waals surface area contributed by atoms with Crippen LogP contribution in [0.3, 0.4) is 0 Å². The molecule has 3 aromatic rings. The summed E-state index contributed by atoms with van der Waals surface area (Å²) in [5.41, 5.74) is 1.64. The summed E-state index contributed by atoms with van der Waals surface area (Å²) in [6, 6.07) is 16.4. The molecule has 0 saturated heterocycles. The lowest BCUT2D eigenvalue weighted by atomic mass is 9.90. The van der Waals surface area contributed by atoms with Crippen LogP contribution in [0.5, 0.6) is 0 Å². The van der Waals surface area contributed by atoms with E-state index in [1.165, 1.54) is 11.1 Å². The molecule has 0 atom stereocenters. The highest BCUT2D eigenvalue weighted by Gasteiger charge is 2.31. The number of aryl methyl sites for hydroxylation is 1. The molecule has 2 aromatic heterocycles. The van der Waals surface area contributed by atoms with E-state index in [0.717, 1.165) is 30.9 Å². The van der Waals surface area contributed by atoms with Crippen LogP contribution in [-0.4, -0.2) is 10.0 Å². The van der Waals surface area contributed by atoms with E-state index in [-0.39, 0.29) is 0 Å². The molecular formula is C25H33NO3. The third-order valence-corrected chi connectivity index (χ3v) is 5.28. The molecule has 4 heteroatoms. The second-order valence-electron chi connectivity index (χ2n) is 8.01. The molecule has 1 N–H and O–H groups in total. The summed E-state index contributed by atoms with van der Waals surface area (Å²) in [6.45, 7) is 8.46. The largest absolute Gasteiger partial charge is 0.468 e. The van der Waals surface area contributed by atoms with Gasteiger partial charge in [0.05, 0.1) is 19.4 Å². The Morgan fingerprint density at radius 2 is 1.66 bits per heavy atom. The molecule has 4 nitrogen and oxygen atoms in total. The van der Waals surface area contributed by atoms with Gasteiger partial charge in [-0.05, 0) is 49.6 Å². The molecule has 0 radical (unpaired) electrons. The molecule has 0 spiro atoms. The fourth-order valence-corrected chi connectivity index (χ4v) is 3.99. The topological polar surface area (TPSA) is 49.8 Å². The summed E-state index contributed by atoms with van der Waals surface area (Å²) in [5, 5.41) is 11.1. The molecule has 0 bridgehead atoms. The van der Waals surface area contributed by atoms with E-state index >= 15 is 0 Å². The number of rotatable bonds is 11. The van der Waals surface area contributed by atoms with Gasteiger partial charge in [0, 0.05) is 6.54 Å². The summed E-state index contributed by atoms with van der Waals surface area (Å²) in [5.74, 6) is 2.48. The van der Waals surface area contributed by atoms with Crippen LogP contribution >= 0.6 is 0 Å². The van der Waals surface area contributed by atoms with Gasteiger partial charge >= 0.3 is 0 Å². The van der Waals surface area contributed by atoms with Crippen molar-refractivity contribution in [3.05, 3.63) is 83.2 Å². The van der Waals surface area contributed by atoms with Crippen LogP contribution in [0.15, 0.2) is 63.6 Å². The van der Waals surface area contributed by atoms with Crippen LogP contribution in [0.25, 0.3) is 0 Å². The highest BCUT2D eigenvalue weighted by molar-refractivity contribution is 5.22. The molecule has 0 aliphatic heterocycles. The molecule has 0 fully saturated rings. The molecule has 0 aliphatic rings. The molecule has 0 amide bonds. The minimum Gasteiger partial charge on any atom is -0.468 e. The van der Waals surface area contributed by atoms with Crippen LogP contribution in [0.2, 0.25) is 0 Å². The Balaban J connectivity index is 1.77. The van der Waals surface area contributed by atoms with E-state index in [4.69, 9.17) is 8.83 Å². The second-order valence-corrected chi connectivity index (χ2v) is 8.01. The van der Waals surface area contributed by atoms with Gasteiger partial charge in [0.2, 0.25) is 0 Å². The Hall–Kier alpha value is -2.30. The van der Waals surface area contributed by atoms with E-state index in [1.807, 2.05) is 24.3 Å². The number of hydrogen-bond donors (Lipinski definition) is 1. The van der Waals surface area contributed by atoms with Gasteiger partial charge in [-0.25, -0.2) is 0 Å². The molecule has 1 aromatic carbocycles. The van der Waals surface area contributed by atoms with Crippen molar-refractivity contribution >= 4 is 0 Å². The predicted molar refractivity (Wildman–Crippen MR) is 115 cm³/mol. The van der Waals surface area contributed by atoms with Gasteiger partial charge in [0.15, 0.2) is 0 Å². The Morgan fingerprint density at radius 3 is 2.31 bits per heavy atom. The Bertz CT molecular complexity index is 860. The number of hydrogen-bond acceptors (Lipinski definition) is 4. The van der Waals surface area contributed by atoms with Crippen molar-refractivity contribution < 1.29 is 13.9 Å². The fourth-order valence-electron chi connectivity index (χ4n) is 3.99. The molecule has 0 aliphatic carbocycles. The molecule has 3 rings (SSSR count). The zero-order valence-electron chi connectivity index (χ0n) is 17.9. The maximum Gasteiger partial charge on any atom is 0.135 e. The first kappa shape index (κ1) is 21.4. The van der Waals surface area contributed by atoms with Crippen molar-refractivity contribution in [3.8, 4) is 0 Å². The van der Waals surface area contributed by atoms with Crippen LogP contribution in [-0.2, 0) is 25.2 Å². The monoisotopic (exact) mass is 395 g/mol. The predicted octanol–water partition coefficient (Wildman–Crippen LogP) is 6.17. The van der Waals surface area contributed by atoms with Gasteiger partial charge in [-0.2, -0.15) is 0 Å². The smallest absolute Gasteiger partial charge is 0.135 e. The van der Waals surface area contributed by atoms with Gasteiger partial charge in [0.25, 0.3) is 0 Å². The lowest BCUT2D eigenvalue weighted by Crippen LogP contribution is -2.25. The second kappa shape index (κ2) is 9.95. The first-order valence-electron chi connectivity index (χ1n) is 10.6. The Kier molecular flexibility index (Phi) is 7.34. The average Bonchev–Trinajstić information content (AvgIpc) is 3.34. The quantitative estimate of drug-likeness (QED) is 0.422. The van der Waals surface area contributed by atoms with E-state index in [0.29, 0.717) is 31.7 Å². The number of aliphatic hydroxyl groups is 1.